The van der Waals surface area contributed by atoms with Crippen LogP contribution in [-0.4, -0.2) is 86.0 Å². The number of benzene rings is 2. The van der Waals surface area contributed by atoms with E-state index in [1.165, 1.54) is 27.0 Å². The number of halogens is 2. The lowest BCUT2D eigenvalue weighted by molar-refractivity contribution is -0.136. The number of piperidine rings is 1. The van der Waals surface area contributed by atoms with Crippen LogP contribution < -0.4 is 10.6 Å². The molecule has 266 valence electrons. The number of piperazine rings is 1. The molecular formula is C37H40ClFN8O3S. The molecule has 2 fully saturated rings. The van der Waals surface area contributed by atoms with Gasteiger partial charge in [-0.15, -0.1) is 21.5 Å². The summed E-state index contributed by atoms with van der Waals surface area (Å²) in [5, 5.41) is 17.4. The van der Waals surface area contributed by atoms with Crippen LogP contribution in [0.5, 0.6) is 0 Å². The zero-order chi connectivity index (χ0) is 35.6. The molecule has 4 aliphatic heterocycles. The summed E-state index contributed by atoms with van der Waals surface area (Å²) in [7, 11) is 0. The molecule has 0 radical (unpaired) electrons. The second-order valence-electron chi connectivity index (χ2n) is 14.1. The topological polar surface area (TPSA) is 116 Å². The first-order chi connectivity index (χ1) is 24.5. The van der Waals surface area contributed by atoms with E-state index in [9.17, 15) is 14.4 Å². The van der Waals surface area contributed by atoms with E-state index in [-0.39, 0.29) is 43.3 Å². The summed E-state index contributed by atoms with van der Waals surface area (Å²) >= 11 is 8.07. The average Bonchev–Trinajstić information content (AvgIpc) is 3.71. The fourth-order valence-corrected chi connectivity index (χ4v) is 9.34. The van der Waals surface area contributed by atoms with Crippen molar-refractivity contribution in [1.29, 1.82) is 0 Å². The Hall–Kier alpha value is -4.01. The number of nitrogens with one attached hydrogen (secondary N) is 2. The van der Waals surface area contributed by atoms with Gasteiger partial charge in [0.2, 0.25) is 11.8 Å². The van der Waals surface area contributed by atoms with Gasteiger partial charge in [0.25, 0.3) is 5.91 Å². The summed E-state index contributed by atoms with van der Waals surface area (Å²) in [6.07, 6.45) is 1.30. The zero-order valence-corrected chi connectivity index (χ0v) is 30.4. The Balaban J connectivity index is 0.928. The Morgan fingerprint density at radius 2 is 1.75 bits per heavy atom. The molecule has 3 atom stereocenters. The monoisotopic (exact) mass is 730 g/mol. The second-order valence-corrected chi connectivity index (χ2v) is 15.7. The molecule has 51 heavy (non-hydrogen) atoms. The number of rotatable bonds is 7. The summed E-state index contributed by atoms with van der Waals surface area (Å²) in [5.41, 5.74) is 5.24. The molecule has 4 aliphatic rings. The molecule has 0 aliphatic carbocycles. The number of thiophene rings is 1. The molecule has 4 aromatic rings. The third kappa shape index (κ3) is 6.29. The highest BCUT2D eigenvalue weighted by Gasteiger charge is 2.40. The van der Waals surface area contributed by atoms with Gasteiger partial charge >= 0.3 is 0 Å². The molecule has 2 N–H and O–H groups in total. The molecule has 11 nitrogen and oxygen atoms in total. The summed E-state index contributed by atoms with van der Waals surface area (Å²) in [6, 6.07) is 10.4. The van der Waals surface area contributed by atoms with Crippen molar-refractivity contribution < 1.29 is 18.8 Å². The van der Waals surface area contributed by atoms with Crippen LogP contribution in [0.15, 0.2) is 36.4 Å². The van der Waals surface area contributed by atoms with Crippen LogP contribution in [0.4, 0.5) is 4.39 Å². The molecule has 2 saturated heterocycles. The largest absolute Gasteiger partial charge is 0.322 e. The minimum Gasteiger partial charge on any atom is -0.322 e. The first-order valence-corrected chi connectivity index (χ1v) is 18.7. The number of hydrogen-bond acceptors (Lipinski definition) is 9. The first kappa shape index (κ1) is 34.1. The quantitative estimate of drug-likeness (QED) is 0.262. The highest BCUT2D eigenvalue weighted by molar-refractivity contribution is 7.14. The van der Waals surface area contributed by atoms with Gasteiger partial charge < -0.3 is 9.80 Å². The maximum atomic E-state index is 15.4. The van der Waals surface area contributed by atoms with Crippen molar-refractivity contribution in [3.8, 4) is 5.00 Å². The van der Waals surface area contributed by atoms with Crippen LogP contribution >= 0.6 is 22.9 Å². The lowest BCUT2D eigenvalue weighted by Crippen LogP contribution is -2.52. The van der Waals surface area contributed by atoms with Crippen LogP contribution in [0, 0.1) is 26.6 Å². The standard InChI is InChI=1S/C37H40ClFN8O3S/c1-20-21(2)51-37-32(20)33(23-4-6-26(38)7-5-23)40-29(34-43-42-22(3)47(34)37)10-11-44-12-14-45(15-13-44)18-25-16-24-19-46(36(50)27(24)17-28(25)39)30-8-9-31(48)41-35(30)49/h4-7,16-17,29-30,33,40H,8-15,18-19H2,1-3H3,(H,41,48,49)/t29?,30?,33-/m0/s1. The molecule has 2 unspecified atom stereocenters. The van der Waals surface area contributed by atoms with E-state index in [1.807, 2.05) is 19.1 Å². The van der Waals surface area contributed by atoms with Crippen LogP contribution in [0.1, 0.15) is 86.0 Å². The summed E-state index contributed by atoms with van der Waals surface area (Å²) in [4.78, 5) is 44.6. The lowest BCUT2D eigenvalue weighted by atomic mass is 9.96. The number of aromatic nitrogens is 3. The second kappa shape index (κ2) is 13.5. The van der Waals surface area contributed by atoms with Crippen molar-refractivity contribution in [3.63, 3.8) is 0 Å². The van der Waals surface area contributed by atoms with Crippen LogP contribution in [0.25, 0.3) is 5.00 Å². The number of carbonyl (C=O) groups excluding carboxylic acids is 3. The van der Waals surface area contributed by atoms with E-state index < -0.39 is 17.8 Å². The predicted octanol–water partition coefficient (Wildman–Crippen LogP) is 4.75. The van der Waals surface area contributed by atoms with Crippen molar-refractivity contribution >= 4 is 40.7 Å². The summed E-state index contributed by atoms with van der Waals surface area (Å²) < 4.78 is 17.6. The molecule has 0 saturated carbocycles. The van der Waals surface area contributed by atoms with Gasteiger partial charge in [-0.3, -0.25) is 34.5 Å². The van der Waals surface area contributed by atoms with Gasteiger partial charge in [-0.1, -0.05) is 23.7 Å². The third-order valence-electron chi connectivity index (χ3n) is 10.9. The van der Waals surface area contributed by atoms with Crippen molar-refractivity contribution in [2.24, 2.45) is 0 Å². The molecule has 8 rings (SSSR count). The molecule has 3 amide bonds. The van der Waals surface area contributed by atoms with Crippen molar-refractivity contribution in [2.45, 2.75) is 71.2 Å². The SMILES string of the molecule is Cc1sc2c(c1C)[C@H](c1ccc(Cl)cc1)NC(CCN1CCN(Cc3cc4c(cc3F)C(=O)N(C3CCC(=O)NC3=O)C4)CC1)c1nnc(C)n1-2. The predicted molar refractivity (Wildman–Crippen MR) is 191 cm³/mol. The van der Waals surface area contributed by atoms with Crippen molar-refractivity contribution in [3.05, 3.63) is 97.1 Å². The molecule has 0 spiro atoms. The fraction of sp³-hybridized carbons (Fsp3) is 0.432. The smallest absolute Gasteiger partial charge is 0.255 e. The van der Waals surface area contributed by atoms with Gasteiger partial charge in [0, 0.05) is 78.8 Å². The van der Waals surface area contributed by atoms with Crippen molar-refractivity contribution in [2.75, 3.05) is 32.7 Å². The highest BCUT2D eigenvalue weighted by atomic mass is 35.5. The number of hydrogen-bond donors (Lipinski definition) is 2. The third-order valence-corrected chi connectivity index (χ3v) is 12.4. The van der Waals surface area contributed by atoms with E-state index in [2.05, 4.69) is 56.1 Å². The average molecular weight is 731 g/mol. The Bertz CT molecular complexity index is 2040. The Labute approximate surface area is 304 Å². The van der Waals surface area contributed by atoms with E-state index in [0.717, 1.165) is 66.9 Å². The van der Waals surface area contributed by atoms with Gasteiger partial charge in [0.1, 0.15) is 22.7 Å². The Morgan fingerprint density at radius 1 is 1.00 bits per heavy atom. The van der Waals surface area contributed by atoms with Crippen molar-refractivity contribution in [1.82, 2.24) is 40.1 Å². The van der Waals surface area contributed by atoms with Crippen LogP contribution in [0.3, 0.4) is 0 Å². The van der Waals surface area contributed by atoms with Gasteiger partial charge in [-0.2, -0.15) is 0 Å². The lowest BCUT2D eigenvalue weighted by Gasteiger charge is -2.35. The number of fused-ring (bicyclic) bond motifs is 4. The number of aryl methyl sites for hydroxylation is 2. The normalized spacial score (nSPS) is 22.5. The van der Waals surface area contributed by atoms with E-state index in [0.29, 0.717) is 22.7 Å². The number of imide groups is 1. The van der Waals surface area contributed by atoms with Crippen LogP contribution in [-0.2, 0) is 22.7 Å². The molecular weight excluding hydrogens is 691 g/mol. The molecule has 2 aromatic carbocycles. The van der Waals surface area contributed by atoms with Gasteiger partial charge in [-0.05, 0) is 74.6 Å². The maximum absolute atomic E-state index is 15.4. The molecule has 14 heteroatoms. The van der Waals surface area contributed by atoms with Gasteiger partial charge in [0.05, 0.1) is 12.1 Å². The fourth-order valence-electron chi connectivity index (χ4n) is 7.96. The maximum Gasteiger partial charge on any atom is 0.255 e. The molecule has 0 bridgehead atoms. The minimum absolute atomic E-state index is 0.0289. The first-order valence-electron chi connectivity index (χ1n) is 17.5. The molecule has 2 aromatic heterocycles. The number of carbonyl (C=O) groups is 3. The Morgan fingerprint density at radius 3 is 2.49 bits per heavy atom. The van der Waals surface area contributed by atoms with E-state index in [1.54, 1.807) is 17.4 Å². The minimum atomic E-state index is -0.722. The van der Waals surface area contributed by atoms with Gasteiger partial charge in [-0.25, -0.2) is 4.39 Å². The molecule has 6 heterocycles. The van der Waals surface area contributed by atoms with Gasteiger partial charge in [0.15, 0.2) is 5.82 Å². The zero-order valence-electron chi connectivity index (χ0n) is 28.8. The van der Waals surface area contributed by atoms with Crippen LogP contribution in [0.2, 0.25) is 5.02 Å². The number of amides is 3. The number of nitrogens with zero attached hydrogens (tertiary/aromatic N) is 6. The Kier molecular flexibility index (Phi) is 9.04. The summed E-state index contributed by atoms with van der Waals surface area (Å²) in [5.74, 6) is 0.210. The summed E-state index contributed by atoms with van der Waals surface area (Å²) in [6.45, 7) is 11.2. The van der Waals surface area contributed by atoms with E-state index >= 15 is 4.39 Å². The highest BCUT2D eigenvalue weighted by Crippen LogP contribution is 2.43. The van der Waals surface area contributed by atoms with E-state index in [4.69, 9.17) is 16.7 Å².